The molecular formula is C23H29N4O3-. The highest BCUT2D eigenvalue weighted by atomic mass is 16.8. The molecule has 0 spiro atoms. The van der Waals surface area contributed by atoms with Crippen molar-refractivity contribution in [3.05, 3.63) is 57.8 Å². The molecule has 3 unspecified atom stereocenters. The van der Waals surface area contributed by atoms with Gasteiger partial charge in [-0.05, 0) is 49.2 Å². The van der Waals surface area contributed by atoms with E-state index in [-0.39, 0.29) is 5.71 Å². The van der Waals surface area contributed by atoms with E-state index in [2.05, 4.69) is 48.6 Å². The van der Waals surface area contributed by atoms with E-state index < -0.39 is 4.90 Å². The molecule has 2 aliphatic carbocycles. The highest BCUT2D eigenvalue weighted by molar-refractivity contribution is 6.02. The number of hydrogen-bond acceptors (Lipinski definition) is 6. The van der Waals surface area contributed by atoms with Gasteiger partial charge in [-0.25, -0.2) is 5.43 Å². The Morgan fingerprint density at radius 3 is 2.70 bits per heavy atom. The van der Waals surface area contributed by atoms with E-state index in [1.807, 2.05) is 0 Å². The Labute approximate surface area is 178 Å². The van der Waals surface area contributed by atoms with Crippen LogP contribution in [0.3, 0.4) is 0 Å². The van der Waals surface area contributed by atoms with Crippen molar-refractivity contribution < 1.29 is 9.64 Å². The highest BCUT2D eigenvalue weighted by Gasteiger charge is 2.33. The van der Waals surface area contributed by atoms with Gasteiger partial charge in [0.15, 0.2) is 0 Å². The van der Waals surface area contributed by atoms with Crippen LogP contribution in [0.15, 0.2) is 52.5 Å². The summed E-state index contributed by atoms with van der Waals surface area (Å²) in [5.74, 6) is 5.78. The SMILES string of the molecule is C#CCNCC1C=C(C)C(CC2=NNC(=C3C=CC(=[N+]([O-])[O-])C=C3)O2)CC1C(C)C. The maximum Gasteiger partial charge on any atom is 0.222 e. The third-order valence-corrected chi connectivity index (χ3v) is 5.95. The van der Waals surface area contributed by atoms with E-state index in [0.29, 0.717) is 42.0 Å². The zero-order chi connectivity index (χ0) is 21.7. The number of nitrogens with one attached hydrogen (secondary N) is 2. The number of nitrogens with zero attached hydrogens (tertiary/aromatic N) is 2. The summed E-state index contributed by atoms with van der Waals surface area (Å²) in [4.78, 5) is -0.419. The Morgan fingerprint density at radius 1 is 1.33 bits per heavy atom. The van der Waals surface area contributed by atoms with E-state index >= 15 is 0 Å². The van der Waals surface area contributed by atoms with Crippen molar-refractivity contribution in [2.45, 2.75) is 33.6 Å². The largest absolute Gasteiger partial charge is 0.612 e. The first kappa shape index (κ1) is 21.7. The zero-order valence-corrected chi connectivity index (χ0v) is 17.7. The summed E-state index contributed by atoms with van der Waals surface area (Å²) in [6.45, 7) is 8.22. The topological polar surface area (TPSA) is 94.8 Å². The molecular weight excluding hydrogens is 380 g/mol. The van der Waals surface area contributed by atoms with Crippen LogP contribution in [0.1, 0.15) is 33.6 Å². The van der Waals surface area contributed by atoms with Gasteiger partial charge >= 0.3 is 0 Å². The van der Waals surface area contributed by atoms with E-state index in [1.54, 1.807) is 12.2 Å². The fraction of sp³-hybridized carbons (Fsp3) is 0.478. The van der Waals surface area contributed by atoms with Crippen LogP contribution in [0.25, 0.3) is 0 Å². The Balaban J connectivity index is 1.64. The fourth-order valence-electron chi connectivity index (χ4n) is 4.25. The Hall–Kier alpha value is -2.98. The number of terminal acetylenes is 1. The lowest BCUT2D eigenvalue weighted by Gasteiger charge is -2.37. The van der Waals surface area contributed by atoms with Crippen LogP contribution in [0.2, 0.25) is 0 Å². The van der Waals surface area contributed by atoms with Gasteiger partial charge in [0.05, 0.1) is 6.54 Å². The van der Waals surface area contributed by atoms with Gasteiger partial charge in [0.2, 0.25) is 17.5 Å². The molecule has 160 valence electrons. The minimum Gasteiger partial charge on any atom is -0.612 e. The van der Waals surface area contributed by atoms with E-state index in [9.17, 15) is 10.4 Å². The van der Waals surface area contributed by atoms with E-state index in [0.717, 1.165) is 25.0 Å². The number of allylic oxidation sites excluding steroid dienone is 6. The number of hydrogen-bond donors (Lipinski definition) is 2. The molecule has 0 amide bonds. The second-order valence-electron chi connectivity index (χ2n) is 8.31. The zero-order valence-electron chi connectivity index (χ0n) is 17.7. The highest BCUT2D eigenvalue weighted by Crippen LogP contribution is 2.39. The summed E-state index contributed by atoms with van der Waals surface area (Å²) in [5, 5.41) is 29.3. The average molecular weight is 410 g/mol. The molecule has 0 saturated heterocycles. The minimum absolute atomic E-state index is 0.0486. The lowest BCUT2D eigenvalue weighted by Crippen LogP contribution is -2.35. The molecule has 0 aromatic heterocycles. The monoisotopic (exact) mass is 409 g/mol. The molecule has 0 fully saturated rings. The van der Waals surface area contributed by atoms with Gasteiger partial charge in [0.1, 0.15) is 0 Å². The van der Waals surface area contributed by atoms with Crippen molar-refractivity contribution in [1.82, 2.24) is 10.7 Å². The number of ether oxygens (including phenoxy) is 1. The molecule has 7 heteroatoms. The average Bonchev–Trinajstić information content (AvgIpc) is 3.18. The maximum absolute atomic E-state index is 10.8. The van der Waals surface area contributed by atoms with Crippen LogP contribution >= 0.6 is 0 Å². The summed E-state index contributed by atoms with van der Waals surface area (Å²) >= 11 is 0. The second kappa shape index (κ2) is 9.68. The molecule has 30 heavy (non-hydrogen) atoms. The van der Waals surface area contributed by atoms with Crippen molar-refractivity contribution in [3.63, 3.8) is 0 Å². The van der Waals surface area contributed by atoms with Crippen molar-refractivity contribution in [2.75, 3.05) is 13.1 Å². The van der Waals surface area contributed by atoms with Gasteiger partial charge in [-0.3, -0.25) is 0 Å². The van der Waals surface area contributed by atoms with Gasteiger partial charge < -0.3 is 20.5 Å². The number of hydrazone groups is 1. The molecule has 7 nitrogen and oxygen atoms in total. The lowest BCUT2D eigenvalue weighted by atomic mass is 9.70. The molecule has 0 saturated carbocycles. The molecule has 3 aliphatic rings. The van der Waals surface area contributed by atoms with Gasteiger partial charge in [0.25, 0.3) is 0 Å². The van der Waals surface area contributed by atoms with Crippen LogP contribution in [-0.4, -0.2) is 29.6 Å². The van der Waals surface area contributed by atoms with E-state index in [1.165, 1.54) is 17.7 Å². The van der Waals surface area contributed by atoms with Crippen LogP contribution in [0, 0.1) is 46.4 Å². The van der Waals surface area contributed by atoms with Crippen molar-refractivity contribution in [1.29, 1.82) is 0 Å². The molecule has 0 radical (unpaired) electrons. The van der Waals surface area contributed by atoms with Crippen molar-refractivity contribution >= 4 is 11.6 Å². The Kier molecular flexibility index (Phi) is 7.01. The molecule has 0 aromatic rings. The van der Waals surface area contributed by atoms with Crippen LogP contribution in [-0.2, 0) is 4.74 Å². The summed E-state index contributed by atoms with van der Waals surface area (Å²) in [6.07, 6.45) is 15.8. The molecule has 3 atom stereocenters. The predicted octanol–water partition coefficient (Wildman–Crippen LogP) is 3.17. The summed E-state index contributed by atoms with van der Waals surface area (Å²) < 4.78 is 5.92. The molecule has 0 bridgehead atoms. The van der Waals surface area contributed by atoms with E-state index in [4.69, 9.17) is 11.2 Å². The van der Waals surface area contributed by atoms with Gasteiger partial charge in [-0.1, -0.05) is 31.4 Å². The standard InChI is InChI=1S/C23H29N4O3/c1-5-10-24-14-19-11-16(4)18(12-21(19)15(2)3)13-22-25-26-23(30-22)17-6-8-20(9-7-17)27(28)29/h1,6-9,11,15,18-19,21,24,26H,10,12-14H2,2-4H3/q-1. The normalized spacial score (nSPS) is 25.6. The van der Waals surface area contributed by atoms with Gasteiger partial charge in [-0.2, -0.15) is 4.90 Å². The summed E-state index contributed by atoms with van der Waals surface area (Å²) in [6, 6.07) is 0. The summed E-state index contributed by atoms with van der Waals surface area (Å²) in [5.41, 5.74) is 5.05. The molecule has 1 aliphatic heterocycles. The first-order valence-electron chi connectivity index (χ1n) is 10.3. The van der Waals surface area contributed by atoms with Crippen LogP contribution < -0.4 is 10.7 Å². The summed E-state index contributed by atoms with van der Waals surface area (Å²) in [7, 11) is 0. The van der Waals surface area contributed by atoms with Crippen molar-refractivity contribution in [3.8, 4) is 12.3 Å². The number of rotatable bonds is 6. The van der Waals surface area contributed by atoms with Gasteiger partial charge in [0, 0.05) is 30.7 Å². The quantitative estimate of drug-likeness (QED) is 0.231. The lowest BCUT2D eigenvalue weighted by molar-refractivity contribution is -0.377. The van der Waals surface area contributed by atoms with Crippen LogP contribution in [0.5, 0.6) is 0 Å². The second-order valence-corrected chi connectivity index (χ2v) is 8.31. The molecule has 3 rings (SSSR count). The Bertz CT molecular complexity index is 865. The van der Waals surface area contributed by atoms with Crippen molar-refractivity contribution in [2.24, 2.45) is 28.8 Å². The Morgan fingerprint density at radius 2 is 2.07 bits per heavy atom. The predicted molar refractivity (Wildman–Crippen MR) is 119 cm³/mol. The third-order valence-electron chi connectivity index (χ3n) is 5.95. The van der Waals surface area contributed by atoms with Gasteiger partial charge in [-0.15, -0.1) is 11.5 Å². The van der Waals surface area contributed by atoms with Crippen LogP contribution in [0.4, 0.5) is 0 Å². The molecule has 0 aromatic carbocycles. The molecule has 2 N–H and O–H groups in total. The minimum atomic E-state index is -0.419. The fourth-order valence-corrected chi connectivity index (χ4v) is 4.25. The molecule has 1 heterocycles. The first-order valence-corrected chi connectivity index (χ1v) is 10.3. The maximum atomic E-state index is 10.8. The smallest absolute Gasteiger partial charge is 0.222 e. The first-order chi connectivity index (χ1) is 14.4. The third kappa shape index (κ3) is 5.14.